The maximum Gasteiger partial charge on any atom is 0.315 e. The Morgan fingerprint density at radius 1 is 0.868 bits per heavy atom. The van der Waals surface area contributed by atoms with Crippen LogP contribution in [0.5, 0.6) is 0 Å². The Kier molecular flexibility index (Phi) is 6.04. The molecular weight excluding hydrogens is 476 g/mol. The molecule has 0 bridgehead atoms. The van der Waals surface area contributed by atoms with E-state index >= 15 is 0 Å². The van der Waals surface area contributed by atoms with Gasteiger partial charge in [0.25, 0.3) is 0 Å². The summed E-state index contributed by atoms with van der Waals surface area (Å²) in [6.45, 7) is 17.5. The number of rotatable bonds is 2. The molecular formula is C33H48O5. The summed E-state index contributed by atoms with van der Waals surface area (Å²) in [6, 6.07) is 0. The number of ketones is 1. The molecule has 0 aromatic rings. The van der Waals surface area contributed by atoms with Crippen LogP contribution in [0.15, 0.2) is 23.3 Å². The van der Waals surface area contributed by atoms with Gasteiger partial charge >= 0.3 is 11.9 Å². The van der Waals surface area contributed by atoms with Crippen molar-refractivity contribution in [3.8, 4) is 0 Å². The summed E-state index contributed by atoms with van der Waals surface area (Å²) in [7, 11) is 1.47. The monoisotopic (exact) mass is 524 g/mol. The summed E-state index contributed by atoms with van der Waals surface area (Å²) >= 11 is 0. The minimum absolute atomic E-state index is 0.0203. The summed E-state index contributed by atoms with van der Waals surface area (Å²) in [4.78, 5) is 39.1. The Balaban J connectivity index is 1.62. The zero-order chi connectivity index (χ0) is 28.1. The molecule has 0 amide bonds. The molecule has 0 aliphatic heterocycles. The van der Waals surface area contributed by atoms with E-state index in [4.69, 9.17) is 9.47 Å². The molecule has 0 radical (unpaired) electrons. The van der Waals surface area contributed by atoms with Crippen LogP contribution in [0.25, 0.3) is 0 Å². The molecule has 0 spiro atoms. The highest BCUT2D eigenvalue weighted by atomic mass is 16.5. The zero-order valence-corrected chi connectivity index (χ0v) is 25.1. The molecule has 5 nitrogen and oxygen atoms in total. The van der Waals surface area contributed by atoms with E-state index in [0.29, 0.717) is 5.92 Å². The maximum atomic E-state index is 14.4. The van der Waals surface area contributed by atoms with Crippen LogP contribution in [0, 0.1) is 44.3 Å². The fourth-order valence-electron chi connectivity index (χ4n) is 10.4. The van der Waals surface area contributed by atoms with Gasteiger partial charge in [-0.15, -0.1) is 0 Å². The number of allylic oxidation sites excluding steroid dienone is 3. The van der Waals surface area contributed by atoms with Gasteiger partial charge < -0.3 is 9.47 Å². The van der Waals surface area contributed by atoms with E-state index in [2.05, 4.69) is 47.6 Å². The van der Waals surface area contributed by atoms with Gasteiger partial charge in [0.2, 0.25) is 0 Å². The molecule has 5 heteroatoms. The standard InChI is InChI=1S/C33H48O5/c1-20(34)38-25-11-12-31(6)24(28(25,2)3)10-13-33(8)26(31)23(35)18-21-22-19-30(5,27(36)37-9)15-14-29(22,4)16-17-32(21,33)7/h18-19,24-26H,10-17H2,1-9H3/t24-,25+,26-,29-,30+,31+,32-,33-/m1/s1. The maximum absolute atomic E-state index is 14.4. The van der Waals surface area contributed by atoms with Crippen LogP contribution in [0.3, 0.4) is 0 Å². The molecule has 0 heterocycles. The van der Waals surface area contributed by atoms with E-state index in [1.807, 2.05) is 13.0 Å². The zero-order valence-electron chi connectivity index (χ0n) is 25.1. The largest absolute Gasteiger partial charge is 0.468 e. The Labute approximate surface area is 229 Å². The SMILES string of the molecule is COC(=O)[C@]1(C)C=C2C3=CC(=O)[C@@H]4[C@@]5(C)CC[C@H](OC(C)=O)C(C)(C)[C@H]5CC[C@@]4(C)[C@]3(C)CC[C@@]2(C)CC1. The van der Waals surface area contributed by atoms with Crippen molar-refractivity contribution in [1.29, 1.82) is 0 Å². The van der Waals surface area contributed by atoms with Crippen molar-refractivity contribution in [2.45, 2.75) is 113 Å². The highest BCUT2D eigenvalue weighted by Crippen LogP contribution is 2.74. The van der Waals surface area contributed by atoms with Crippen LogP contribution in [-0.2, 0) is 23.9 Å². The van der Waals surface area contributed by atoms with Gasteiger partial charge in [0.05, 0.1) is 12.5 Å². The number of methoxy groups -OCH3 is 1. The molecule has 5 rings (SSSR count). The van der Waals surface area contributed by atoms with Crippen molar-refractivity contribution >= 4 is 17.7 Å². The van der Waals surface area contributed by atoms with E-state index in [0.717, 1.165) is 51.4 Å². The van der Waals surface area contributed by atoms with E-state index < -0.39 is 5.41 Å². The highest BCUT2D eigenvalue weighted by molar-refractivity contribution is 5.96. The summed E-state index contributed by atoms with van der Waals surface area (Å²) < 4.78 is 11.0. The fourth-order valence-corrected chi connectivity index (χ4v) is 10.4. The fraction of sp³-hybridized carbons (Fsp3) is 0.788. The van der Waals surface area contributed by atoms with Crippen molar-refractivity contribution < 1.29 is 23.9 Å². The van der Waals surface area contributed by atoms with Crippen LogP contribution >= 0.6 is 0 Å². The molecule has 0 unspecified atom stereocenters. The van der Waals surface area contributed by atoms with Gasteiger partial charge in [-0.2, -0.15) is 0 Å². The van der Waals surface area contributed by atoms with Crippen LogP contribution in [0.4, 0.5) is 0 Å². The second-order valence-corrected chi connectivity index (χ2v) is 15.2. The Morgan fingerprint density at radius 2 is 1.53 bits per heavy atom. The van der Waals surface area contributed by atoms with E-state index in [1.54, 1.807) is 0 Å². The molecule has 0 aromatic heterocycles. The molecule has 3 saturated carbocycles. The molecule has 0 N–H and O–H groups in total. The lowest BCUT2D eigenvalue weighted by molar-refractivity contribution is -0.206. The van der Waals surface area contributed by atoms with E-state index in [9.17, 15) is 14.4 Å². The molecule has 5 aliphatic carbocycles. The molecule has 8 atom stereocenters. The van der Waals surface area contributed by atoms with Crippen LogP contribution < -0.4 is 0 Å². The summed E-state index contributed by atoms with van der Waals surface area (Å²) in [5.41, 5.74) is 1.05. The normalized spacial score (nSPS) is 47.3. The number of carbonyl (C=O) groups is 3. The van der Waals surface area contributed by atoms with Crippen LogP contribution in [0.1, 0.15) is 107 Å². The second kappa shape index (κ2) is 8.30. The number of esters is 2. The van der Waals surface area contributed by atoms with Crippen molar-refractivity contribution in [2.75, 3.05) is 7.11 Å². The number of hydrogen-bond donors (Lipinski definition) is 0. The van der Waals surface area contributed by atoms with Gasteiger partial charge in [-0.3, -0.25) is 14.4 Å². The predicted molar refractivity (Wildman–Crippen MR) is 147 cm³/mol. The van der Waals surface area contributed by atoms with Crippen molar-refractivity contribution in [2.24, 2.45) is 44.3 Å². The first-order chi connectivity index (χ1) is 17.5. The minimum Gasteiger partial charge on any atom is -0.468 e. The minimum atomic E-state index is -0.660. The average Bonchev–Trinajstić information content (AvgIpc) is 2.82. The molecule has 0 saturated heterocycles. The van der Waals surface area contributed by atoms with Gasteiger partial charge in [0.1, 0.15) is 6.10 Å². The average molecular weight is 525 g/mol. The summed E-state index contributed by atoms with van der Waals surface area (Å²) in [5.74, 6) is 0.0844. The number of ether oxygens (including phenoxy) is 2. The smallest absolute Gasteiger partial charge is 0.315 e. The van der Waals surface area contributed by atoms with Gasteiger partial charge in [-0.25, -0.2) is 0 Å². The second-order valence-electron chi connectivity index (χ2n) is 15.2. The lowest BCUT2D eigenvalue weighted by atomic mass is 9.34. The first-order valence-electron chi connectivity index (χ1n) is 14.7. The quantitative estimate of drug-likeness (QED) is 0.364. The van der Waals surface area contributed by atoms with Crippen molar-refractivity contribution in [1.82, 2.24) is 0 Å². The Morgan fingerprint density at radius 3 is 2.16 bits per heavy atom. The molecule has 210 valence electrons. The Bertz CT molecular complexity index is 1150. The molecule has 38 heavy (non-hydrogen) atoms. The van der Waals surface area contributed by atoms with Gasteiger partial charge in [-0.05, 0) is 103 Å². The van der Waals surface area contributed by atoms with Crippen molar-refractivity contribution in [3.63, 3.8) is 0 Å². The van der Waals surface area contributed by atoms with E-state index in [1.165, 1.54) is 25.2 Å². The first kappa shape index (κ1) is 27.6. The first-order valence-corrected chi connectivity index (χ1v) is 14.7. The van der Waals surface area contributed by atoms with Crippen LogP contribution in [0.2, 0.25) is 0 Å². The molecule has 5 aliphatic rings. The number of fused-ring (bicyclic) bond motifs is 7. The topological polar surface area (TPSA) is 69.7 Å². The lowest BCUT2D eigenvalue weighted by Gasteiger charge is -2.69. The highest BCUT2D eigenvalue weighted by Gasteiger charge is 2.69. The predicted octanol–water partition coefficient (Wildman–Crippen LogP) is 6.99. The van der Waals surface area contributed by atoms with Crippen molar-refractivity contribution in [3.05, 3.63) is 23.3 Å². The third-order valence-electron chi connectivity index (χ3n) is 12.9. The van der Waals surface area contributed by atoms with E-state index in [-0.39, 0.29) is 56.8 Å². The molecule has 0 aromatic carbocycles. The third kappa shape index (κ3) is 3.45. The summed E-state index contributed by atoms with van der Waals surface area (Å²) in [6.07, 6.45) is 11.6. The molecule has 3 fully saturated rings. The van der Waals surface area contributed by atoms with Gasteiger partial charge in [0, 0.05) is 18.3 Å². The lowest BCUT2D eigenvalue weighted by Crippen LogP contribution is -2.66. The van der Waals surface area contributed by atoms with Gasteiger partial charge in [0.15, 0.2) is 5.78 Å². The number of carbonyl (C=O) groups excluding carboxylic acids is 3. The van der Waals surface area contributed by atoms with Gasteiger partial charge in [-0.1, -0.05) is 47.6 Å². The third-order valence-corrected chi connectivity index (χ3v) is 12.9. The Hall–Kier alpha value is -1.91. The number of hydrogen-bond acceptors (Lipinski definition) is 5. The summed E-state index contributed by atoms with van der Waals surface area (Å²) in [5, 5.41) is 0. The van der Waals surface area contributed by atoms with Crippen LogP contribution in [-0.4, -0.2) is 30.9 Å².